The van der Waals surface area contributed by atoms with Crippen molar-refractivity contribution in [3.05, 3.63) is 36.4 Å². The minimum atomic E-state index is -0.0718. The molecule has 0 saturated carbocycles. The Balaban J connectivity index is 2.42. The number of carbonyl (C=O) groups is 1. The van der Waals surface area contributed by atoms with Gasteiger partial charge in [-0.25, -0.2) is 9.97 Å². The highest BCUT2D eigenvalue weighted by Gasteiger charge is 2.21. The molecule has 0 amide bonds. The SMILES string of the molecule is Cn1ccnc1C(CC=O)c1nccn1C. The molecule has 0 aliphatic carbocycles. The molecule has 0 bridgehead atoms. The van der Waals surface area contributed by atoms with Crippen LogP contribution in [0.3, 0.4) is 0 Å². The number of hydrogen-bond donors (Lipinski definition) is 0. The summed E-state index contributed by atoms with van der Waals surface area (Å²) >= 11 is 0. The summed E-state index contributed by atoms with van der Waals surface area (Å²) < 4.78 is 3.84. The fraction of sp³-hybridized carbons (Fsp3) is 0.364. The lowest BCUT2D eigenvalue weighted by Crippen LogP contribution is -2.13. The van der Waals surface area contributed by atoms with Crippen LogP contribution >= 0.6 is 0 Å². The van der Waals surface area contributed by atoms with Crippen molar-refractivity contribution in [3.63, 3.8) is 0 Å². The average Bonchev–Trinajstić information content (AvgIpc) is 2.84. The molecule has 2 aromatic rings. The van der Waals surface area contributed by atoms with Crippen LogP contribution in [0.25, 0.3) is 0 Å². The molecular formula is C11H14N4O. The first-order valence-corrected chi connectivity index (χ1v) is 5.12. The van der Waals surface area contributed by atoms with Crippen molar-refractivity contribution >= 4 is 6.29 Å². The van der Waals surface area contributed by atoms with Gasteiger partial charge in [0.1, 0.15) is 17.9 Å². The highest BCUT2D eigenvalue weighted by molar-refractivity contribution is 5.52. The number of hydrogen-bond acceptors (Lipinski definition) is 3. The Hall–Kier alpha value is -1.91. The van der Waals surface area contributed by atoms with Gasteiger partial charge in [-0.15, -0.1) is 0 Å². The predicted molar refractivity (Wildman–Crippen MR) is 58.9 cm³/mol. The van der Waals surface area contributed by atoms with Crippen molar-refractivity contribution < 1.29 is 4.79 Å². The van der Waals surface area contributed by atoms with Crippen LogP contribution in [0, 0.1) is 0 Å². The van der Waals surface area contributed by atoms with E-state index in [-0.39, 0.29) is 5.92 Å². The maximum atomic E-state index is 10.8. The first kappa shape index (κ1) is 10.6. The number of aromatic nitrogens is 4. The molecule has 2 aromatic heterocycles. The summed E-state index contributed by atoms with van der Waals surface area (Å²) in [6, 6.07) is 0. The van der Waals surface area contributed by atoms with Crippen molar-refractivity contribution in [2.45, 2.75) is 12.3 Å². The summed E-state index contributed by atoms with van der Waals surface area (Å²) in [4.78, 5) is 19.3. The number of rotatable bonds is 4. The van der Waals surface area contributed by atoms with E-state index in [9.17, 15) is 4.79 Å². The van der Waals surface area contributed by atoms with Gasteiger partial charge in [-0.1, -0.05) is 0 Å². The molecule has 0 saturated heterocycles. The first-order chi connectivity index (χ1) is 7.74. The molecule has 84 valence electrons. The lowest BCUT2D eigenvalue weighted by atomic mass is 10.0. The molecule has 0 aromatic carbocycles. The monoisotopic (exact) mass is 218 g/mol. The van der Waals surface area contributed by atoms with Gasteiger partial charge >= 0.3 is 0 Å². The summed E-state index contributed by atoms with van der Waals surface area (Å²) in [6.45, 7) is 0. The van der Waals surface area contributed by atoms with Gasteiger partial charge in [-0.3, -0.25) is 0 Å². The molecule has 5 heteroatoms. The number of aldehydes is 1. The maximum Gasteiger partial charge on any atom is 0.121 e. The van der Waals surface area contributed by atoms with Crippen molar-refractivity contribution in [1.82, 2.24) is 19.1 Å². The zero-order chi connectivity index (χ0) is 11.5. The normalized spacial score (nSPS) is 10.9. The van der Waals surface area contributed by atoms with E-state index in [0.29, 0.717) is 6.42 Å². The fourth-order valence-electron chi connectivity index (χ4n) is 1.85. The second-order valence-electron chi connectivity index (χ2n) is 3.75. The molecule has 2 rings (SSSR count). The third kappa shape index (κ3) is 1.76. The lowest BCUT2D eigenvalue weighted by Gasteiger charge is -2.13. The van der Waals surface area contributed by atoms with Gasteiger partial charge in [-0.2, -0.15) is 0 Å². The zero-order valence-electron chi connectivity index (χ0n) is 9.37. The topological polar surface area (TPSA) is 52.7 Å². The smallest absolute Gasteiger partial charge is 0.121 e. The van der Waals surface area contributed by atoms with Crippen molar-refractivity contribution in [2.75, 3.05) is 0 Å². The summed E-state index contributed by atoms with van der Waals surface area (Å²) in [5, 5.41) is 0. The van der Waals surface area contributed by atoms with Crippen molar-refractivity contribution in [1.29, 1.82) is 0 Å². The largest absolute Gasteiger partial charge is 0.337 e. The van der Waals surface area contributed by atoms with Gasteiger partial charge in [0, 0.05) is 45.3 Å². The molecule has 2 heterocycles. The first-order valence-electron chi connectivity index (χ1n) is 5.12. The fourth-order valence-corrected chi connectivity index (χ4v) is 1.85. The van der Waals surface area contributed by atoms with Gasteiger partial charge < -0.3 is 13.9 Å². The van der Waals surface area contributed by atoms with E-state index in [1.165, 1.54) is 0 Å². The van der Waals surface area contributed by atoms with E-state index in [1.54, 1.807) is 12.4 Å². The van der Waals surface area contributed by atoms with E-state index >= 15 is 0 Å². The molecule has 0 atom stereocenters. The van der Waals surface area contributed by atoms with Crippen LogP contribution in [-0.2, 0) is 18.9 Å². The molecule has 0 radical (unpaired) electrons. The van der Waals surface area contributed by atoms with Crippen LogP contribution in [-0.4, -0.2) is 25.4 Å². The van der Waals surface area contributed by atoms with E-state index in [2.05, 4.69) is 9.97 Å². The highest BCUT2D eigenvalue weighted by atomic mass is 16.1. The van der Waals surface area contributed by atoms with Crippen LogP contribution in [0.1, 0.15) is 24.0 Å². The molecule has 16 heavy (non-hydrogen) atoms. The Bertz CT molecular complexity index is 445. The van der Waals surface area contributed by atoms with E-state index in [4.69, 9.17) is 0 Å². The standard InChI is InChI=1S/C11H14N4O/c1-14-6-4-12-10(14)9(3-8-16)11-13-5-7-15(11)2/h4-9H,3H2,1-2H3. The van der Waals surface area contributed by atoms with Crippen LogP contribution in [0.15, 0.2) is 24.8 Å². The molecule has 0 N–H and O–H groups in total. The minimum absolute atomic E-state index is 0.0718. The number of imidazole rings is 2. The summed E-state index contributed by atoms with van der Waals surface area (Å²) in [7, 11) is 3.84. The second-order valence-corrected chi connectivity index (χ2v) is 3.75. The van der Waals surface area contributed by atoms with Gasteiger partial charge in [0.15, 0.2) is 0 Å². The Kier molecular flexibility index (Phi) is 2.85. The van der Waals surface area contributed by atoms with Crippen LogP contribution in [0.4, 0.5) is 0 Å². The zero-order valence-corrected chi connectivity index (χ0v) is 9.37. The van der Waals surface area contributed by atoms with E-state index in [0.717, 1.165) is 17.9 Å². The van der Waals surface area contributed by atoms with E-state index in [1.807, 2.05) is 35.6 Å². The minimum Gasteiger partial charge on any atom is -0.337 e. The molecular weight excluding hydrogens is 204 g/mol. The quantitative estimate of drug-likeness (QED) is 0.716. The maximum absolute atomic E-state index is 10.8. The Morgan fingerprint density at radius 1 is 1.19 bits per heavy atom. The Labute approximate surface area is 93.8 Å². The van der Waals surface area contributed by atoms with Gasteiger partial charge in [0.05, 0.1) is 5.92 Å². The molecule has 0 spiro atoms. The van der Waals surface area contributed by atoms with Crippen LogP contribution in [0.5, 0.6) is 0 Å². The van der Waals surface area contributed by atoms with E-state index < -0.39 is 0 Å². The Morgan fingerprint density at radius 3 is 2.00 bits per heavy atom. The average molecular weight is 218 g/mol. The van der Waals surface area contributed by atoms with Gasteiger partial charge in [-0.05, 0) is 0 Å². The highest BCUT2D eigenvalue weighted by Crippen LogP contribution is 2.23. The molecule has 0 aliphatic heterocycles. The van der Waals surface area contributed by atoms with Crippen LogP contribution < -0.4 is 0 Å². The molecule has 0 unspecified atom stereocenters. The van der Waals surface area contributed by atoms with Gasteiger partial charge in [0.2, 0.25) is 0 Å². The van der Waals surface area contributed by atoms with Crippen molar-refractivity contribution in [3.8, 4) is 0 Å². The van der Waals surface area contributed by atoms with Crippen LogP contribution in [0.2, 0.25) is 0 Å². The molecule has 0 fully saturated rings. The summed E-state index contributed by atoms with van der Waals surface area (Å²) in [6.07, 6.45) is 8.52. The lowest BCUT2D eigenvalue weighted by molar-refractivity contribution is -0.108. The number of carbonyl (C=O) groups excluding carboxylic acids is 1. The third-order valence-corrected chi connectivity index (χ3v) is 2.67. The summed E-state index contributed by atoms with van der Waals surface area (Å²) in [5.74, 6) is 1.65. The third-order valence-electron chi connectivity index (χ3n) is 2.67. The van der Waals surface area contributed by atoms with Crippen molar-refractivity contribution in [2.24, 2.45) is 14.1 Å². The number of aryl methyl sites for hydroxylation is 2. The molecule has 0 aliphatic rings. The summed E-state index contributed by atoms with van der Waals surface area (Å²) in [5.41, 5.74) is 0. The predicted octanol–water partition coefficient (Wildman–Crippen LogP) is 0.874. The molecule has 5 nitrogen and oxygen atoms in total. The second kappa shape index (κ2) is 4.30. The Morgan fingerprint density at radius 2 is 1.69 bits per heavy atom. The van der Waals surface area contributed by atoms with Gasteiger partial charge in [0.25, 0.3) is 0 Å². The number of nitrogens with zero attached hydrogens (tertiary/aromatic N) is 4.